The first-order chi connectivity index (χ1) is 6.53. The number of aryl methyl sites for hydroxylation is 1. The second-order valence-electron chi connectivity index (χ2n) is 2.59. The zero-order valence-corrected chi connectivity index (χ0v) is 9.92. The number of sulfonamides is 1. The fraction of sp³-hybridized carbons (Fsp3) is 0.667. The molecule has 0 aliphatic rings. The highest BCUT2D eigenvalue weighted by atomic mass is 35.5. The third kappa shape index (κ3) is 3.77. The van der Waals surface area contributed by atoms with E-state index in [9.17, 15) is 8.42 Å². The second kappa shape index (κ2) is 4.90. The number of anilines is 1. The number of nitrogens with one attached hydrogen (secondary N) is 1. The van der Waals surface area contributed by atoms with Crippen LogP contribution in [0.2, 0.25) is 0 Å². The minimum Gasteiger partial charge on any atom is -0.257 e. The van der Waals surface area contributed by atoms with Gasteiger partial charge in [-0.25, -0.2) is 8.42 Å². The van der Waals surface area contributed by atoms with Crippen molar-refractivity contribution in [3.63, 3.8) is 0 Å². The molecule has 1 N–H and O–H groups in total. The van der Waals surface area contributed by atoms with Gasteiger partial charge in [-0.3, -0.25) is 4.72 Å². The van der Waals surface area contributed by atoms with Crippen LogP contribution in [0.15, 0.2) is 0 Å². The largest absolute Gasteiger partial charge is 0.257 e. The van der Waals surface area contributed by atoms with Crippen molar-refractivity contribution in [2.24, 2.45) is 0 Å². The Bertz CT molecular complexity index is 390. The van der Waals surface area contributed by atoms with Gasteiger partial charge in [0.2, 0.25) is 15.2 Å². The average molecular weight is 256 g/mol. The SMILES string of the molecule is Cc1nnc(NS(=O)(=O)CCCCl)s1. The van der Waals surface area contributed by atoms with Crippen molar-refractivity contribution < 1.29 is 8.42 Å². The molecule has 0 radical (unpaired) electrons. The van der Waals surface area contributed by atoms with E-state index < -0.39 is 10.0 Å². The van der Waals surface area contributed by atoms with Gasteiger partial charge in [-0.05, 0) is 13.3 Å². The van der Waals surface area contributed by atoms with Crippen molar-refractivity contribution in [3.05, 3.63) is 5.01 Å². The van der Waals surface area contributed by atoms with E-state index in [0.717, 1.165) is 5.01 Å². The normalized spacial score (nSPS) is 11.6. The van der Waals surface area contributed by atoms with E-state index in [1.165, 1.54) is 11.3 Å². The summed E-state index contributed by atoms with van der Waals surface area (Å²) in [7, 11) is -3.31. The number of alkyl halides is 1. The van der Waals surface area contributed by atoms with Gasteiger partial charge >= 0.3 is 0 Å². The maximum absolute atomic E-state index is 11.3. The summed E-state index contributed by atoms with van der Waals surface area (Å²) in [4.78, 5) is 0. The van der Waals surface area contributed by atoms with Crippen LogP contribution in [0.25, 0.3) is 0 Å². The molecule has 1 aromatic heterocycles. The monoisotopic (exact) mass is 255 g/mol. The molecule has 0 amide bonds. The van der Waals surface area contributed by atoms with E-state index in [0.29, 0.717) is 17.4 Å². The first kappa shape index (κ1) is 11.7. The smallest absolute Gasteiger partial charge is 0.234 e. The van der Waals surface area contributed by atoms with Gasteiger partial charge in [0.05, 0.1) is 5.75 Å². The molecular formula is C6H10ClN3O2S2. The van der Waals surface area contributed by atoms with E-state index in [-0.39, 0.29) is 5.75 Å². The van der Waals surface area contributed by atoms with Crippen molar-refractivity contribution in [1.29, 1.82) is 0 Å². The van der Waals surface area contributed by atoms with Crippen LogP contribution in [0.4, 0.5) is 5.13 Å². The Kier molecular flexibility index (Phi) is 4.09. The fourth-order valence-corrected chi connectivity index (χ4v) is 2.98. The Morgan fingerprint density at radius 2 is 2.21 bits per heavy atom. The molecule has 0 aromatic carbocycles. The second-order valence-corrected chi connectivity index (χ2v) is 5.99. The van der Waals surface area contributed by atoms with Crippen molar-refractivity contribution in [3.8, 4) is 0 Å². The summed E-state index contributed by atoms with van der Waals surface area (Å²) in [5.41, 5.74) is 0. The molecule has 5 nitrogen and oxygen atoms in total. The van der Waals surface area contributed by atoms with Gasteiger partial charge in [0, 0.05) is 5.88 Å². The van der Waals surface area contributed by atoms with Gasteiger partial charge < -0.3 is 0 Å². The van der Waals surface area contributed by atoms with Gasteiger partial charge in [-0.2, -0.15) is 0 Å². The van der Waals surface area contributed by atoms with Crippen LogP contribution < -0.4 is 4.72 Å². The Hall–Kier alpha value is -0.400. The maximum atomic E-state index is 11.3. The van der Waals surface area contributed by atoms with Crippen molar-refractivity contribution in [2.75, 3.05) is 16.4 Å². The molecule has 0 aliphatic carbocycles. The van der Waals surface area contributed by atoms with Crippen molar-refractivity contribution in [2.45, 2.75) is 13.3 Å². The summed E-state index contributed by atoms with van der Waals surface area (Å²) in [5.74, 6) is 0.338. The fourth-order valence-electron chi connectivity index (χ4n) is 0.766. The van der Waals surface area contributed by atoms with Crippen LogP contribution in [0, 0.1) is 6.92 Å². The van der Waals surface area contributed by atoms with E-state index in [2.05, 4.69) is 14.9 Å². The number of nitrogens with zero attached hydrogens (tertiary/aromatic N) is 2. The molecule has 14 heavy (non-hydrogen) atoms. The molecule has 0 aliphatic heterocycles. The van der Waals surface area contributed by atoms with Crippen LogP contribution in [0.3, 0.4) is 0 Å². The molecule has 0 saturated heterocycles. The van der Waals surface area contributed by atoms with Gasteiger partial charge in [0.25, 0.3) is 0 Å². The number of rotatable bonds is 5. The molecule has 1 heterocycles. The van der Waals surface area contributed by atoms with Crippen LogP contribution in [0.5, 0.6) is 0 Å². The Morgan fingerprint density at radius 3 is 2.71 bits per heavy atom. The van der Waals surface area contributed by atoms with E-state index in [4.69, 9.17) is 11.6 Å². The Labute approximate surface area is 91.6 Å². The van der Waals surface area contributed by atoms with Gasteiger partial charge in [0.15, 0.2) is 0 Å². The topological polar surface area (TPSA) is 72.0 Å². The molecule has 0 bridgehead atoms. The molecule has 1 rings (SSSR count). The highest BCUT2D eigenvalue weighted by Crippen LogP contribution is 2.15. The van der Waals surface area contributed by atoms with E-state index in [1.807, 2.05) is 0 Å². The lowest BCUT2D eigenvalue weighted by atomic mass is 10.6. The number of hydrogen-bond donors (Lipinski definition) is 1. The summed E-state index contributed by atoms with van der Waals surface area (Å²) in [6.07, 6.45) is 0.425. The van der Waals surface area contributed by atoms with Crippen LogP contribution in [-0.4, -0.2) is 30.2 Å². The first-order valence-corrected chi connectivity index (χ1v) is 6.90. The number of halogens is 1. The predicted octanol–water partition coefficient (Wildman–Crippen LogP) is 1.22. The highest BCUT2D eigenvalue weighted by molar-refractivity contribution is 7.92. The molecular weight excluding hydrogens is 246 g/mol. The first-order valence-electron chi connectivity index (χ1n) is 3.90. The Balaban J connectivity index is 2.59. The van der Waals surface area contributed by atoms with Gasteiger partial charge in [0.1, 0.15) is 5.01 Å². The van der Waals surface area contributed by atoms with Gasteiger partial charge in [-0.1, -0.05) is 11.3 Å². The molecule has 0 saturated carbocycles. The molecule has 80 valence electrons. The highest BCUT2D eigenvalue weighted by Gasteiger charge is 2.12. The minimum atomic E-state index is -3.31. The quantitative estimate of drug-likeness (QED) is 0.803. The van der Waals surface area contributed by atoms with Crippen molar-refractivity contribution >= 4 is 38.1 Å². The third-order valence-corrected chi connectivity index (χ3v) is 3.80. The zero-order chi connectivity index (χ0) is 10.6. The molecule has 0 spiro atoms. The summed E-state index contributed by atoms with van der Waals surface area (Å²) in [6.45, 7) is 1.76. The molecule has 0 fully saturated rings. The molecule has 1 aromatic rings. The van der Waals surface area contributed by atoms with E-state index in [1.54, 1.807) is 6.92 Å². The van der Waals surface area contributed by atoms with Crippen LogP contribution in [-0.2, 0) is 10.0 Å². The number of aromatic nitrogens is 2. The predicted molar refractivity (Wildman–Crippen MR) is 57.4 cm³/mol. The summed E-state index contributed by atoms with van der Waals surface area (Å²) in [6, 6.07) is 0. The lowest BCUT2D eigenvalue weighted by Crippen LogP contribution is -2.16. The minimum absolute atomic E-state index is 0.00906. The zero-order valence-electron chi connectivity index (χ0n) is 7.53. The molecule has 0 unspecified atom stereocenters. The lowest BCUT2D eigenvalue weighted by Gasteiger charge is -2.01. The average Bonchev–Trinajstić information content (AvgIpc) is 2.47. The Morgan fingerprint density at radius 1 is 1.50 bits per heavy atom. The molecule has 0 atom stereocenters. The van der Waals surface area contributed by atoms with Crippen LogP contribution >= 0.6 is 22.9 Å². The lowest BCUT2D eigenvalue weighted by molar-refractivity contribution is 0.600. The summed E-state index contributed by atoms with van der Waals surface area (Å²) in [5, 5.41) is 8.38. The number of hydrogen-bond acceptors (Lipinski definition) is 5. The third-order valence-electron chi connectivity index (χ3n) is 1.32. The van der Waals surface area contributed by atoms with Crippen molar-refractivity contribution in [1.82, 2.24) is 10.2 Å². The summed E-state index contributed by atoms with van der Waals surface area (Å²) < 4.78 is 25.0. The maximum Gasteiger partial charge on any atom is 0.234 e. The summed E-state index contributed by atoms with van der Waals surface area (Å²) >= 11 is 6.60. The van der Waals surface area contributed by atoms with E-state index >= 15 is 0 Å². The van der Waals surface area contributed by atoms with Gasteiger partial charge in [-0.15, -0.1) is 21.8 Å². The standard InChI is InChI=1S/C6H10ClN3O2S2/c1-5-8-9-6(13-5)10-14(11,12)4-2-3-7/h2-4H2,1H3,(H,9,10). The molecule has 8 heteroatoms. The van der Waals surface area contributed by atoms with Crippen LogP contribution in [0.1, 0.15) is 11.4 Å².